The first-order valence-electron chi connectivity index (χ1n) is 5.81. The molecule has 0 aliphatic heterocycles. The van der Waals surface area contributed by atoms with Crippen LogP contribution < -0.4 is 5.43 Å². The number of hydrogen-bond acceptors (Lipinski definition) is 2. The van der Waals surface area contributed by atoms with Gasteiger partial charge >= 0.3 is 0 Å². The summed E-state index contributed by atoms with van der Waals surface area (Å²) in [7, 11) is 0. The van der Waals surface area contributed by atoms with Gasteiger partial charge in [-0.2, -0.15) is 5.10 Å². The lowest BCUT2D eigenvalue weighted by Gasteiger charge is -2.02. The molecule has 0 saturated carbocycles. The van der Waals surface area contributed by atoms with E-state index in [1.807, 2.05) is 49.4 Å². The van der Waals surface area contributed by atoms with E-state index < -0.39 is 0 Å². The van der Waals surface area contributed by atoms with Crippen LogP contribution in [0.25, 0.3) is 0 Å². The van der Waals surface area contributed by atoms with Crippen LogP contribution in [0.4, 0.5) is 0 Å². The topological polar surface area (TPSA) is 41.5 Å². The monoisotopic (exact) mass is 364 g/mol. The Balaban J connectivity index is 2.03. The maximum absolute atomic E-state index is 11.9. The van der Waals surface area contributed by atoms with Gasteiger partial charge < -0.3 is 0 Å². The number of carbonyl (C=O) groups excluding carboxylic acids is 1. The van der Waals surface area contributed by atoms with Crippen LogP contribution in [-0.4, -0.2) is 12.1 Å². The minimum absolute atomic E-state index is 0.200. The molecule has 0 radical (unpaired) electrons. The summed E-state index contributed by atoms with van der Waals surface area (Å²) in [6.45, 7) is 2.02. The average molecular weight is 364 g/mol. The molecule has 1 amide bonds. The number of nitrogens with zero attached hydrogens (tertiary/aromatic N) is 1. The molecule has 0 bridgehead atoms. The van der Waals surface area contributed by atoms with Gasteiger partial charge in [-0.05, 0) is 47.2 Å². The van der Waals surface area contributed by atoms with Crippen molar-refractivity contribution in [1.82, 2.24) is 5.43 Å². The van der Waals surface area contributed by atoms with Crippen LogP contribution in [0.15, 0.2) is 53.6 Å². The van der Waals surface area contributed by atoms with Gasteiger partial charge in [0.1, 0.15) is 0 Å². The van der Waals surface area contributed by atoms with E-state index >= 15 is 0 Å². The van der Waals surface area contributed by atoms with Crippen LogP contribution in [0.2, 0.25) is 0 Å². The summed E-state index contributed by atoms with van der Waals surface area (Å²) in [6, 6.07) is 15.3. The lowest BCUT2D eigenvalue weighted by molar-refractivity contribution is 0.0954. The lowest BCUT2D eigenvalue weighted by Crippen LogP contribution is -2.18. The summed E-state index contributed by atoms with van der Waals surface area (Å²) in [6.07, 6.45) is 1.64. The molecular formula is C15H13IN2O. The molecule has 0 aliphatic carbocycles. The highest BCUT2D eigenvalue weighted by Gasteiger charge is 2.07. The van der Waals surface area contributed by atoms with E-state index in [0.29, 0.717) is 5.56 Å². The summed E-state index contributed by atoms with van der Waals surface area (Å²) in [5, 5.41) is 3.97. The van der Waals surface area contributed by atoms with Gasteiger partial charge in [0.15, 0.2) is 0 Å². The number of carbonyl (C=O) groups is 1. The molecule has 1 N–H and O–H groups in total. The lowest BCUT2D eigenvalue weighted by atomic mass is 10.2. The fourth-order valence-corrected chi connectivity index (χ4v) is 2.25. The number of benzene rings is 2. The number of nitrogens with one attached hydrogen (secondary N) is 1. The predicted molar refractivity (Wildman–Crippen MR) is 85.4 cm³/mol. The highest BCUT2D eigenvalue weighted by Crippen LogP contribution is 2.10. The summed E-state index contributed by atoms with van der Waals surface area (Å²) in [4.78, 5) is 11.9. The van der Waals surface area contributed by atoms with Crippen LogP contribution in [0.3, 0.4) is 0 Å². The Hall–Kier alpha value is -1.69. The third kappa shape index (κ3) is 3.89. The zero-order valence-electron chi connectivity index (χ0n) is 10.4. The molecule has 0 fully saturated rings. The summed E-state index contributed by atoms with van der Waals surface area (Å²) < 4.78 is 0.906. The molecule has 19 heavy (non-hydrogen) atoms. The number of hydrogen-bond donors (Lipinski definition) is 1. The molecule has 0 heterocycles. The largest absolute Gasteiger partial charge is 0.272 e. The molecule has 2 rings (SSSR count). The molecule has 0 atom stereocenters. The van der Waals surface area contributed by atoms with Crippen LogP contribution in [0, 0.1) is 10.5 Å². The van der Waals surface area contributed by atoms with Crippen LogP contribution in [0.1, 0.15) is 21.5 Å². The second-order valence-electron chi connectivity index (χ2n) is 4.09. The maximum atomic E-state index is 11.9. The van der Waals surface area contributed by atoms with Gasteiger partial charge in [-0.3, -0.25) is 4.79 Å². The van der Waals surface area contributed by atoms with E-state index in [1.165, 1.54) is 0 Å². The van der Waals surface area contributed by atoms with Gasteiger partial charge in [0, 0.05) is 3.57 Å². The summed E-state index contributed by atoms with van der Waals surface area (Å²) in [5.74, 6) is -0.200. The third-order valence-electron chi connectivity index (χ3n) is 2.54. The van der Waals surface area contributed by atoms with Crippen molar-refractivity contribution in [2.75, 3.05) is 0 Å². The Morgan fingerprint density at radius 1 is 1.21 bits per heavy atom. The highest BCUT2D eigenvalue weighted by atomic mass is 127. The fraction of sp³-hybridized carbons (Fsp3) is 0.0667. The van der Waals surface area contributed by atoms with Gasteiger partial charge in [0.2, 0.25) is 0 Å². The predicted octanol–water partition coefficient (Wildman–Crippen LogP) is 3.36. The second kappa shape index (κ2) is 6.47. The molecule has 0 aromatic heterocycles. The zero-order chi connectivity index (χ0) is 13.7. The molecule has 0 saturated heterocycles. The quantitative estimate of drug-likeness (QED) is 0.507. The Morgan fingerprint density at radius 3 is 2.74 bits per heavy atom. The normalized spacial score (nSPS) is 10.6. The third-order valence-corrected chi connectivity index (χ3v) is 3.48. The van der Waals surface area contributed by atoms with Crippen molar-refractivity contribution in [3.05, 3.63) is 68.8 Å². The number of aryl methyl sites for hydroxylation is 1. The standard InChI is InChI=1S/C15H13IN2O/c1-11-5-4-6-12(9-11)10-17-18-15(19)13-7-2-3-8-14(13)16/h2-10H,1H3,(H,18,19)/b17-10-. The molecule has 2 aromatic carbocycles. The van der Waals surface area contributed by atoms with Crippen molar-refractivity contribution in [3.8, 4) is 0 Å². The van der Waals surface area contributed by atoms with Crippen molar-refractivity contribution in [1.29, 1.82) is 0 Å². The summed E-state index contributed by atoms with van der Waals surface area (Å²) >= 11 is 2.13. The molecule has 0 aliphatic rings. The summed E-state index contributed by atoms with van der Waals surface area (Å²) in [5.41, 5.74) is 5.28. The van der Waals surface area contributed by atoms with Gasteiger partial charge in [0.05, 0.1) is 11.8 Å². The molecule has 2 aromatic rings. The molecular weight excluding hydrogens is 351 g/mol. The number of hydrazone groups is 1. The Bertz CT molecular complexity index is 623. The zero-order valence-corrected chi connectivity index (χ0v) is 12.6. The first-order chi connectivity index (χ1) is 9.16. The number of halogens is 1. The van der Waals surface area contributed by atoms with E-state index in [0.717, 1.165) is 14.7 Å². The van der Waals surface area contributed by atoms with Crippen LogP contribution in [0.5, 0.6) is 0 Å². The van der Waals surface area contributed by atoms with Crippen molar-refractivity contribution >= 4 is 34.7 Å². The van der Waals surface area contributed by atoms with Crippen molar-refractivity contribution in [2.45, 2.75) is 6.92 Å². The molecule has 3 nitrogen and oxygen atoms in total. The van der Waals surface area contributed by atoms with Gasteiger partial charge in [-0.25, -0.2) is 5.43 Å². The fourth-order valence-electron chi connectivity index (χ4n) is 1.62. The second-order valence-corrected chi connectivity index (χ2v) is 5.26. The average Bonchev–Trinajstić information content (AvgIpc) is 2.39. The highest BCUT2D eigenvalue weighted by molar-refractivity contribution is 14.1. The van der Waals surface area contributed by atoms with E-state index in [4.69, 9.17) is 0 Å². The minimum atomic E-state index is -0.200. The smallest absolute Gasteiger partial charge is 0.267 e. The first kappa shape index (κ1) is 13.7. The Kier molecular flexibility index (Phi) is 4.68. The van der Waals surface area contributed by atoms with Crippen molar-refractivity contribution in [2.24, 2.45) is 5.10 Å². The van der Waals surface area contributed by atoms with Crippen LogP contribution in [-0.2, 0) is 0 Å². The molecule has 4 heteroatoms. The van der Waals surface area contributed by atoms with E-state index in [9.17, 15) is 4.79 Å². The van der Waals surface area contributed by atoms with Gasteiger partial charge in [-0.1, -0.05) is 42.0 Å². The SMILES string of the molecule is Cc1cccc(/C=N\NC(=O)c2ccccc2I)c1. The van der Waals surface area contributed by atoms with E-state index in [-0.39, 0.29) is 5.91 Å². The molecule has 96 valence electrons. The molecule has 0 unspecified atom stereocenters. The van der Waals surface area contributed by atoms with Crippen LogP contribution >= 0.6 is 22.6 Å². The number of amides is 1. The first-order valence-corrected chi connectivity index (χ1v) is 6.89. The van der Waals surface area contributed by atoms with Crippen molar-refractivity contribution < 1.29 is 4.79 Å². The van der Waals surface area contributed by atoms with Gasteiger partial charge in [-0.15, -0.1) is 0 Å². The van der Waals surface area contributed by atoms with Gasteiger partial charge in [0.25, 0.3) is 5.91 Å². The van der Waals surface area contributed by atoms with Crippen molar-refractivity contribution in [3.63, 3.8) is 0 Å². The maximum Gasteiger partial charge on any atom is 0.272 e. The Morgan fingerprint density at radius 2 is 2.00 bits per heavy atom. The van der Waals surface area contributed by atoms with E-state index in [2.05, 4.69) is 33.1 Å². The Labute approximate surface area is 125 Å². The minimum Gasteiger partial charge on any atom is -0.267 e. The molecule has 0 spiro atoms. The number of rotatable bonds is 3. The van der Waals surface area contributed by atoms with E-state index in [1.54, 1.807) is 12.3 Å².